The molecule has 34 heavy (non-hydrogen) atoms. The van der Waals surface area contributed by atoms with E-state index in [4.69, 9.17) is 4.42 Å². The Morgan fingerprint density at radius 2 is 1.62 bits per heavy atom. The molecule has 0 N–H and O–H groups in total. The number of Topliss-reactive ketones (excluding diaryl/α,β-unsaturated/α-hetero) is 1. The van der Waals surface area contributed by atoms with Crippen molar-refractivity contribution in [1.82, 2.24) is 9.21 Å². The quantitative estimate of drug-likeness (QED) is 0.453. The lowest BCUT2D eigenvalue weighted by Crippen LogP contribution is -2.44. The van der Waals surface area contributed by atoms with Crippen molar-refractivity contribution < 1.29 is 22.4 Å². The van der Waals surface area contributed by atoms with Crippen LogP contribution < -0.4 is 0 Å². The second-order valence-corrected chi connectivity index (χ2v) is 10.5. The van der Waals surface area contributed by atoms with Crippen LogP contribution in [0.3, 0.4) is 0 Å². The van der Waals surface area contributed by atoms with Gasteiger partial charge in [-0.25, -0.2) is 8.42 Å². The third-order valence-electron chi connectivity index (χ3n) is 6.16. The van der Waals surface area contributed by atoms with Crippen molar-refractivity contribution in [1.29, 1.82) is 0 Å². The molecule has 178 valence electrons. The number of carbonyl (C=O) groups is 2. The molecule has 1 aromatic heterocycles. The molecule has 1 aliphatic heterocycles. The summed E-state index contributed by atoms with van der Waals surface area (Å²) in [5, 5.41) is 0. The van der Waals surface area contributed by atoms with Crippen molar-refractivity contribution in [3.63, 3.8) is 0 Å². The third kappa shape index (κ3) is 5.46. The predicted molar refractivity (Wildman–Crippen MR) is 127 cm³/mol. The zero-order valence-electron chi connectivity index (χ0n) is 19.1. The number of amides is 1. The summed E-state index contributed by atoms with van der Waals surface area (Å²) in [5.41, 5.74) is 1.50. The van der Waals surface area contributed by atoms with E-state index in [1.165, 1.54) is 35.5 Å². The van der Waals surface area contributed by atoms with E-state index in [9.17, 15) is 18.0 Å². The number of sulfonamides is 1. The first-order chi connectivity index (χ1) is 16.3. The van der Waals surface area contributed by atoms with Crippen LogP contribution in [0.15, 0.2) is 82.3 Å². The van der Waals surface area contributed by atoms with Gasteiger partial charge in [0.25, 0.3) is 0 Å². The predicted octanol–water partition coefficient (Wildman–Crippen LogP) is 4.11. The van der Waals surface area contributed by atoms with Gasteiger partial charge in [0.2, 0.25) is 15.9 Å². The summed E-state index contributed by atoms with van der Waals surface area (Å²) in [7, 11) is -3.68. The van der Waals surface area contributed by atoms with E-state index in [1.807, 2.05) is 36.4 Å². The summed E-state index contributed by atoms with van der Waals surface area (Å²) in [6, 6.07) is 19.4. The Balaban J connectivity index is 1.43. The molecule has 0 bridgehead atoms. The normalized spacial score (nSPS) is 15.2. The average molecular weight is 481 g/mol. The van der Waals surface area contributed by atoms with Crippen LogP contribution in [0.5, 0.6) is 0 Å². The van der Waals surface area contributed by atoms with Gasteiger partial charge in [0.05, 0.1) is 17.7 Å². The lowest BCUT2D eigenvalue weighted by molar-refractivity contribution is -0.138. The molecule has 1 aliphatic rings. The minimum absolute atomic E-state index is 0.00288. The number of rotatable bonds is 8. The Bertz CT molecular complexity index is 1210. The molecule has 8 heteroatoms. The largest absolute Gasteiger partial charge is 0.467 e. The first-order valence-corrected chi connectivity index (χ1v) is 12.7. The summed E-state index contributed by atoms with van der Waals surface area (Å²) >= 11 is 0. The molecule has 0 aliphatic carbocycles. The summed E-state index contributed by atoms with van der Waals surface area (Å²) in [5.74, 6) is 0.338. The Morgan fingerprint density at radius 1 is 0.941 bits per heavy atom. The molecule has 7 nitrogen and oxygen atoms in total. The number of ketones is 1. The van der Waals surface area contributed by atoms with Gasteiger partial charge in [-0.1, -0.05) is 42.5 Å². The van der Waals surface area contributed by atoms with Crippen LogP contribution in [0, 0.1) is 5.92 Å². The van der Waals surface area contributed by atoms with Crippen molar-refractivity contribution >= 4 is 21.7 Å². The van der Waals surface area contributed by atoms with Gasteiger partial charge in [0.1, 0.15) is 5.76 Å². The Morgan fingerprint density at radius 3 is 2.21 bits per heavy atom. The fourth-order valence-corrected chi connectivity index (χ4v) is 5.69. The molecular formula is C26H28N2O5S. The molecule has 2 aromatic carbocycles. The number of hydrogen-bond donors (Lipinski definition) is 0. The molecule has 0 atom stereocenters. The Kier molecular flexibility index (Phi) is 7.29. The van der Waals surface area contributed by atoms with Gasteiger partial charge in [-0.05, 0) is 49.6 Å². The van der Waals surface area contributed by atoms with Crippen LogP contribution in [0.25, 0.3) is 0 Å². The lowest BCUT2D eigenvalue weighted by atomic mass is 9.96. The van der Waals surface area contributed by atoms with Crippen LogP contribution in [0.4, 0.5) is 0 Å². The zero-order chi connectivity index (χ0) is 24.1. The highest BCUT2D eigenvalue weighted by molar-refractivity contribution is 7.89. The van der Waals surface area contributed by atoms with Crippen LogP contribution >= 0.6 is 0 Å². The summed E-state index contributed by atoms with van der Waals surface area (Å²) < 4.78 is 33.0. The summed E-state index contributed by atoms with van der Waals surface area (Å²) in [6.07, 6.45) is 2.49. The van der Waals surface area contributed by atoms with E-state index in [1.54, 1.807) is 17.2 Å². The number of furan rings is 1. The second kappa shape index (κ2) is 10.4. The van der Waals surface area contributed by atoms with Crippen LogP contribution in [0.1, 0.15) is 41.4 Å². The number of hydrogen-bond acceptors (Lipinski definition) is 5. The maximum atomic E-state index is 13.4. The van der Waals surface area contributed by atoms with Crippen molar-refractivity contribution in [2.45, 2.75) is 37.8 Å². The maximum Gasteiger partial charge on any atom is 0.243 e. The molecule has 0 unspecified atom stereocenters. The van der Waals surface area contributed by atoms with Crippen molar-refractivity contribution in [3.05, 3.63) is 89.9 Å². The topological polar surface area (TPSA) is 87.9 Å². The molecule has 0 spiro atoms. The van der Waals surface area contributed by atoms with E-state index in [0.29, 0.717) is 37.3 Å². The Hall–Kier alpha value is -3.23. The minimum atomic E-state index is -3.68. The fourth-order valence-electron chi connectivity index (χ4n) is 4.22. The standard InChI is InChI=1S/C26H28N2O5S/c1-20(29)22-9-11-25(12-10-22)34(31,32)28-15-13-23(14-16-28)26(30)27(19-24-8-5-17-33-24)18-21-6-3-2-4-7-21/h2-12,17,23H,13-16,18-19H2,1H3. The van der Waals surface area contributed by atoms with Crippen LogP contribution in [0.2, 0.25) is 0 Å². The van der Waals surface area contributed by atoms with Gasteiger partial charge >= 0.3 is 0 Å². The van der Waals surface area contributed by atoms with E-state index in [2.05, 4.69) is 0 Å². The van der Waals surface area contributed by atoms with E-state index < -0.39 is 10.0 Å². The summed E-state index contributed by atoms with van der Waals surface area (Å²) in [4.78, 5) is 26.9. The van der Waals surface area contributed by atoms with Crippen molar-refractivity contribution in [2.75, 3.05) is 13.1 Å². The van der Waals surface area contributed by atoms with E-state index >= 15 is 0 Å². The highest BCUT2D eigenvalue weighted by atomic mass is 32.2. The SMILES string of the molecule is CC(=O)c1ccc(S(=O)(=O)N2CCC(C(=O)N(Cc3ccccc3)Cc3ccco3)CC2)cc1. The van der Waals surface area contributed by atoms with E-state index in [0.717, 1.165) is 5.56 Å². The van der Waals surface area contributed by atoms with Crippen molar-refractivity contribution in [2.24, 2.45) is 5.92 Å². The Labute approximate surface area is 200 Å². The molecule has 0 radical (unpaired) electrons. The number of carbonyl (C=O) groups excluding carboxylic acids is 2. The average Bonchev–Trinajstić information content (AvgIpc) is 3.37. The molecule has 4 rings (SSSR count). The van der Waals surface area contributed by atoms with Crippen molar-refractivity contribution in [3.8, 4) is 0 Å². The highest BCUT2D eigenvalue weighted by Crippen LogP contribution is 2.26. The third-order valence-corrected chi connectivity index (χ3v) is 8.07. The van der Waals surface area contributed by atoms with Crippen LogP contribution in [-0.2, 0) is 27.9 Å². The van der Waals surface area contributed by atoms with Gasteiger partial charge in [0.15, 0.2) is 5.78 Å². The zero-order valence-corrected chi connectivity index (χ0v) is 19.9. The smallest absolute Gasteiger partial charge is 0.243 e. The first-order valence-electron chi connectivity index (χ1n) is 11.3. The highest BCUT2D eigenvalue weighted by Gasteiger charge is 2.34. The molecule has 1 fully saturated rings. The minimum Gasteiger partial charge on any atom is -0.467 e. The van der Waals surface area contributed by atoms with E-state index in [-0.39, 0.29) is 35.6 Å². The number of benzene rings is 2. The summed E-state index contributed by atoms with van der Waals surface area (Å²) in [6.45, 7) is 2.81. The first kappa shape index (κ1) is 23.9. The van der Waals surface area contributed by atoms with Crippen LogP contribution in [-0.4, -0.2) is 42.4 Å². The molecule has 2 heterocycles. The van der Waals surface area contributed by atoms with Gasteiger partial charge in [-0.2, -0.15) is 4.31 Å². The molecule has 1 amide bonds. The number of piperidine rings is 1. The molecule has 0 saturated carbocycles. The fraction of sp³-hybridized carbons (Fsp3) is 0.308. The van der Waals surface area contributed by atoms with Gasteiger partial charge in [0, 0.05) is 31.1 Å². The maximum absolute atomic E-state index is 13.4. The van der Waals surface area contributed by atoms with Gasteiger partial charge in [-0.3, -0.25) is 9.59 Å². The molecule has 1 saturated heterocycles. The lowest BCUT2D eigenvalue weighted by Gasteiger charge is -2.33. The van der Waals surface area contributed by atoms with Gasteiger partial charge in [-0.15, -0.1) is 0 Å². The monoisotopic (exact) mass is 480 g/mol. The number of nitrogens with zero attached hydrogens (tertiary/aromatic N) is 2. The molecular weight excluding hydrogens is 452 g/mol. The van der Waals surface area contributed by atoms with Gasteiger partial charge < -0.3 is 9.32 Å². The second-order valence-electron chi connectivity index (χ2n) is 8.52. The molecule has 3 aromatic rings.